The maximum absolute atomic E-state index is 12.4. The van der Waals surface area contributed by atoms with E-state index in [0.717, 1.165) is 24.1 Å². The molecule has 0 aliphatic heterocycles. The lowest BCUT2D eigenvalue weighted by molar-refractivity contribution is 0.290. The molecular formula is C21H19ClN6O2. The van der Waals surface area contributed by atoms with Gasteiger partial charge in [-0.15, -0.1) is 5.10 Å². The highest BCUT2D eigenvalue weighted by Crippen LogP contribution is 2.43. The summed E-state index contributed by atoms with van der Waals surface area (Å²) in [6, 6.07) is 15.1. The predicted octanol–water partition coefficient (Wildman–Crippen LogP) is 3.26. The Labute approximate surface area is 177 Å². The molecule has 2 heterocycles. The van der Waals surface area contributed by atoms with Crippen molar-refractivity contribution in [3.63, 3.8) is 0 Å². The van der Waals surface area contributed by atoms with Crippen molar-refractivity contribution in [3.05, 3.63) is 81.4 Å². The zero-order chi connectivity index (χ0) is 20.7. The topological polar surface area (TPSA) is 79.8 Å². The summed E-state index contributed by atoms with van der Waals surface area (Å²) in [5.41, 5.74) is 3.40. The molecule has 2 aromatic heterocycles. The minimum Gasteiger partial charge on any atom is -0.472 e. The minimum atomic E-state index is -0.295. The Morgan fingerprint density at radius 1 is 1.10 bits per heavy atom. The first-order chi connectivity index (χ1) is 14.6. The molecule has 9 heteroatoms. The number of ether oxygens (including phenoxy) is 1. The third-order valence-electron chi connectivity index (χ3n) is 5.17. The summed E-state index contributed by atoms with van der Waals surface area (Å²) in [6.45, 7) is 0.280. The third-order valence-corrected chi connectivity index (χ3v) is 5.43. The molecule has 0 saturated heterocycles. The Balaban J connectivity index is 1.44. The number of hydrogen-bond acceptors (Lipinski definition) is 5. The average molecular weight is 423 g/mol. The molecule has 0 N–H and O–H groups in total. The normalized spacial score (nSPS) is 13.5. The van der Waals surface area contributed by atoms with Crippen LogP contribution in [0.5, 0.6) is 5.88 Å². The highest BCUT2D eigenvalue weighted by Gasteiger charge is 2.28. The number of rotatable bonds is 6. The van der Waals surface area contributed by atoms with Crippen molar-refractivity contribution in [1.82, 2.24) is 29.6 Å². The SMILES string of the molecule is Cn1nnn(-c2cccc(C3CC3)c2COc2ccn(-c3ccc(Cl)cc3)n2)c1=O. The number of halogens is 1. The fourth-order valence-corrected chi connectivity index (χ4v) is 3.58. The van der Waals surface area contributed by atoms with Crippen LogP contribution in [0.3, 0.4) is 0 Å². The second-order valence-corrected chi connectivity index (χ2v) is 7.72. The van der Waals surface area contributed by atoms with Gasteiger partial charge in [-0.1, -0.05) is 23.7 Å². The summed E-state index contributed by atoms with van der Waals surface area (Å²) in [6.07, 6.45) is 4.10. The second kappa shape index (κ2) is 7.46. The molecule has 0 unspecified atom stereocenters. The van der Waals surface area contributed by atoms with Crippen LogP contribution in [-0.4, -0.2) is 29.6 Å². The van der Waals surface area contributed by atoms with Gasteiger partial charge >= 0.3 is 5.69 Å². The van der Waals surface area contributed by atoms with Gasteiger partial charge in [-0.2, -0.15) is 9.36 Å². The fraction of sp³-hybridized carbons (Fsp3) is 0.238. The number of tetrazole rings is 1. The monoisotopic (exact) mass is 422 g/mol. The lowest BCUT2D eigenvalue weighted by atomic mass is 10.0. The van der Waals surface area contributed by atoms with Crippen molar-refractivity contribution >= 4 is 11.6 Å². The maximum atomic E-state index is 12.4. The van der Waals surface area contributed by atoms with Crippen LogP contribution in [0.4, 0.5) is 0 Å². The lowest BCUT2D eigenvalue weighted by Gasteiger charge is -2.14. The number of nitrogens with zero attached hydrogens (tertiary/aromatic N) is 6. The Morgan fingerprint density at radius 3 is 2.60 bits per heavy atom. The van der Waals surface area contributed by atoms with Crippen LogP contribution < -0.4 is 10.4 Å². The van der Waals surface area contributed by atoms with E-state index >= 15 is 0 Å². The van der Waals surface area contributed by atoms with Crippen LogP contribution in [0, 0.1) is 0 Å². The van der Waals surface area contributed by atoms with Gasteiger partial charge in [-0.3, -0.25) is 0 Å². The standard InChI is InChI=1S/C21H19ClN6O2/c1-26-21(29)28(25-24-26)19-4-2-3-17(14-5-6-14)18(19)13-30-20-11-12-27(23-20)16-9-7-15(22)8-10-16/h2-4,7-12,14H,5-6,13H2,1H3. The summed E-state index contributed by atoms with van der Waals surface area (Å²) in [4.78, 5) is 12.4. The second-order valence-electron chi connectivity index (χ2n) is 7.28. The zero-order valence-corrected chi connectivity index (χ0v) is 17.0. The van der Waals surface area contributed by atoms with Crippen LogP contribution in [0.1, 0.15) is 29.9 Å². The summed E-state index contributed by atoms with van der Waals surface area (Å²) < 4.78 is 10.3. The lowest BCUT2D eigenvalue weighted by Crippen LogP contribution is -2.23. The van der Waals surface area contributed by atoms with E-state index in [0.29, 0.717) is 22.5 Å². The van der Waals surface area contributed by atoms with Gasteiger partial charge in [0, 0.05) is 29.9 Å². The molecule has 1 aliphatic carbocycles. The predicted molar refractivity (Wildman–Crippen MR) is 111 cm³/mol. The molecule has 0 spiro atoms. The van der Waals surface area contributed by atoms with Crippen molar-refractivity contribution in [1.29, 1.82) is 0 Å². The van der Waals surface area contributed by atoms with E-state index in [1.54, 1.807) is 11.7 Å². The largest absolute Gasteiger partial charge is 0.472 e. The van der Waals surface area contributed by atoms with E-state index in [1.807, 2.05) is 48.7 Å². The molecule has 0 bridgehead atoms. The number of hydrogen-bond donors (Lipinski definition) is 0. The van der Waals surface area contributed by atoms with Gasteiger partial charge in [0.1, 0.15) is 6.61 Å². The summed E-state index contributed by atoms with van der Waals surface area (Å²) >= 11 is 5.96. The first-order valence-electron chi connectivity index (χ1n) is 9.66. The number of aromatic nitrogens is 6. The molecular weight excluding hydrogens is 404 g/mol. The Bertz CT molecular complexity index is 1250. The zero-order valence-electron chi connectivity index (χ0n) is 16.3. The van der Waals surface area contributed by atoms with E-state index in [1.165, 1.54) is 14.9 Å². The Hall–Kier alpha value is -3.39. The van der Waals surface area contributed by atoms with Crippen LogP contribution in [0.25, 0.3) is 11.4 Å². The molecule has 8 nitrogen and oxygen atoms in total. The van der Waals surface area contributed by atoms with E-state index in [4.69, 9.17) is 16.3 Å². The van der Waals surface area contributed by atoms with Crippen molar-refractivity contribution in [2.75, 3.05) is 0 Å². The van der Waals surface area contributed by atoms with Gasteiger partial charge in [0.25, 0.3) is 0 Å². The van der Waals surface area contributed by atoms with Gasteiger partial charge < -0.3 is 4.74 Å². The van der Waals surface area contributed by atoms with Gasteiger partial charge in [-0.05, 0) is 65.1 Å². The smallest absolute Gasteiger partial charge is 0.368 e. The van der Waals surface area contributed by atoms with E-state index in [9.17, 15) is 4.79 Å². The van der Waals surface area contributed by atoms with E-state index < -0.39 is 0 Å². The van der Waals surface area contributed by atoms with Gasteiger partial charge in [0.15, 0.2) is 0 Å². The highest BCUT2D eigenvalue weighted by atomic mass is 35.5. The van der Waals surface area contributed by atoms with E-state index in [-0.39, 0.29) is 12.3 Å². The quantitative estimate of drug-likeness (QED) is 0.476. The molecule has 0 amide bonds. The molecule has 30 heavy (non-hydrogen) atoms. The van der Waals surface area contributed by atoms with Gasteiger partial charge in [-0.25, -0.2) is 9.48 Å². The van der Waals surface area contributed by atoms with Crippen LogP contribution in [0.15, 0.2) is 59.5 Å². The minimum absolute atomic E-state index is 0.280. The third kappa shape index (κ3) is 3.50. The summed E-state index contributed by atoms with van der Waals surface area (Å²) in [5, 5.41) is 13.0. The average Bonchev–Trinajstić information content (AvgIpc) is 3.41. The molecule has 4 aromatic rings. The number of aryl methyl sites for hydroxylation is 1. The molecule has 1 fully saturated rings. The van der Waals surface area contributed by atoms with Crippen molar-refractivity contribution < 1.29 is 4.74 Å². The summed E-state index contributed by atoms with van der Waals surface area (Å²) in [5.74, 6) is 0.982. The first-order valence-corrected chi connectivity index (χ1v) is 10.0. The van der Waals surface area contributed by atoms with Crippen LogP contribution in [0.2, 0.25) is 5.02 Å². The molecule has 0 atom stereocenters. The molecule has 1 saturated carbocycles. The molecule has 1 aliphatic rings. The number of benzene rings is 2. The van der Waals surface area contributed by atoms with Crippen LogP contribution >= 0.6 is 11.6 Å². The molecule has 152 valence electrons. The molecule has 5 rings (SSSR count). The summed E-state index contributed by atoms with van der Waals surface area (Å²) in [7, 11) is 1.58. The van der Waals surface area contributed by atoms with E-state index in [2.05, 4.69) is 21.6 Å². The fourth-order valence-electron chi connectivity index (χ4n) is 3.46. The van der Waals surface area contributed by atoms with Gasteiger partial charge in [0.2, 0.25) is 5.88 Å². The van der Waals surface area contributed by atoms with Crippen molar-refractivity contribution in [2.45, 2.75) is 25.4 Å². The highest BCUT2D eigenvalue weighted by molar-refractivity contribution is 6.30. The van der Waals surface area contributed by atoms with Gasteiger partial charge in [0.05, 0.1) is 11.4 Å². The van der Waals surface area contributed by atoms with Crippen molar-refractivity contribution in [3.8, 4) is 17.3 Å². The van der Waals surface area contributed by atoms with Crippen molar-refractivity contribution in [2.24, 2.45) is 7.05 Å². The van der Waals surface area contributed by atoms with Crippen LogP contribution in [-0.2, 0) is 13.7 Å². The molecule has 0 radical (unpaired) electrons. The Kier molecular flexibility index (Phi) is 4.63. The maximum Gasteiger partial charge on any atom is 0.368 e. The Morgan fingerprint density at radius 2 is 1.90 bits per heavy atom. The molecule has 2 aromatic carbocycles. The first kappa shape index (κ1) is 18.6.